The molecule has 4 rings (SSSR count). The first-order valence-corrected chi connectivity index (χ1v) is 13.8. The van der Waals surface area contributed by atoms with Gasteiger partial charge in [0.15, 0.2) is 5.65 Å². The van der Waals surface area contributed by atoms with Crippen LogP contribution in [0.25, 0.3) is 16.7 Å². The van der Waals surface area contributed by atoms with Crippen molar-refractivity contribution in [3.8, 4) is 5.69 Å². The Morgan fingerprint density at radius 3 is 2.26 bits per heavy atom. The van der Waals surface area contributed by atoms with Crippen LogP contribution in [0.2, 0.25) is 0 Å². The van der Waals surface area contributed by atoms with Gasteiger partial charge in [0.25, 0.3) is 10.1 Å². The standard InChI is InChI=1S/C25H35BN4O3S/c1-15-13-21(26)14-16(2)23(15)30-18(4)17(3)22-24(27-19(5)28-25(22)30)29-10-7-20(8-11-29)9-12-33-34(6,31)32/h13-14,20H,7-12,26H2,1-6H3. The van der Waals surface area contributed by atoms with Crippen molar-refractivity contribution in [3.05, 3.63) is 40.3 Å². The van der Waals surface area contributed by atoms with E-state index in [1.807, 2.05) is 6.92 Å². The Balaban J connectivity index is 1.68. The van der Waals surface area contributed by atoms with E-state index in [2.05, 4.69) is 57.1 Å². The highest BCUT2D eigenvalue weighted by Gasteiger charge is 2.26. The van der Waals surface area contributed by atoms with Gasteiger partial charge in [0.05, 0.1) is 23.9 Å². The third-order valence-corrected chi connectivity index (χ3v) is 7.64. The van der Waals surface area contributed by atoms with E-state index in [1.165, 1.54) is 33.5 Å². The molecule has 0 saturated carbocycles. The lowest BCUT2D eigenvalue weighted by atomic mass is 9.91. The molecular formula is C25H35BN4O3S. The predicted molar refractivity (Wildman–Crippen MR) is 141 cm³/mol. The number of rotatable bonds is 6. The van der Waals surface area contributed by atoms with Gasteiger partial charge in [-0.2, -0.15) is 8.42 Å². The highest BCUT2D eigenvalue weighted by atomic mass is 32.2. The van der Waals surface area contributed by atoms with E-state index >= 15 is 0 Å². The number of hydrogen-bond acceptors (Lipinski definition) is 6. The summed E-state index contributed by atoms with van der Waals surface area (Å²) in [7, 11) is -1.24. The second kappa shape index (κ2) is 9.34. The van der Waals surface area contributed by atoms with Gasteiger partial charge in [-0.3, -0.25) is 8.75 Å². The fourth-order valence-electron chi connectivity index (χ4n) is 5.38. The average molecular weight is 482 g/mol. The smallest absolute Gasteiger partial charge is 0.264 e. The summed E-state index contributed by atoms with van der Waals surface area (Å²) in [5, 5.41) is 1.13. The van der Waals surface area contributed by atoms with E-state index in [0.717, 1.165) is 61.3 Å². The average Bonchev–Trinajstić information content (AvgIpc) is 2.97. The molecule has 0 atom stereocenters. The zero-order valence-corrected chi connectivity index (χ0v) is 22.2. The van der Waals surface area contributed by atoms with Gasteiger partial charge in [-0.1, -0.05) is 17.6 Å². The molecule has 3 aromatic rings. The summed E-state index contributed by atoms with van der Waals surface area (Å²) < 4.78 is 29.7. The van der Waals surface area contributed by atoms with Crippen LogP contribution in [0, 0.1) is 40.5 Å². The molecule has 34 heavy (non-hydrogen) atoms. The second-order valence-corrected chi connectivity index (χ2v) is 11.5. The molecule has 0 radical (unpaired) electrons. The molecule has 182 valence electrons. The molecule has 3 heterocycles. The summed E-state index contributed by atoms with van der Waals surface area (Å²) in [6.45, 7) is 12.7. The third-order valence-electron chi connectivity index (χ3n) is 7.04. The second-order valence-electron chi connectivity index (χ2n) is 9.83. The van der Waals surface area contributed by atoms with Gasteiger partial charge in [0.1, 0.15) is 19.5 Å². The zero-order chi connectivity index (χ0) is 24.8. The van der Waals surface area contributed by atoms with E-state index < -0.39 is 10.1 Å². The van der Waals surface area contributed by atoms with Gasteiger partial charge in [-0.05, 0) is 76.5 Å². The van der Waals surface area contributed by atoms with Gasteiger partial charge in [-0.15, -0.1) is 0 Å². The summed E-state index contributed by atoms with van der Waals surface area (Å²) in [5.41, 5.74) is 8.33. The van der Waals surface area contributed by atoms with Gasteiger partial charge in [0, 0.05) is 18.8 Å². The monoisotopic (exact) mass is 482 g/mol. The number of aromatic nitrogens is 3. The fourth-order valence-corrected chi connectivity index (χ4v) is 5.77. The first-order chi connectivity index (χ1) is 16.0. The lowest BCUT2D eigenvalue weighted by Crippen LogP contribution is -2.35. The maximum absolute atomic E-state index is 11.2. The summed E-state index contributed by atoms with van der Waals surface area (Å²) in [5.74, 6) is 2.24. The highest BCUT2D eigenvalue weighted by Crippen LogP contribution is 2.36. The number of anilines is 1. The highest BCUT2D eigenvalue weighted by molar-refractivity contribution is 7.85. The first-order valence-electron chi connectivity index (χ1n) is 12.0. The minimum atomic E-state index is -3.38. The van der Waals surface area contributed by atoms with E-state index in [1.54, 1.807) is 0 Å². The minimum Gasteiger partial charge on any atom is -0.356 e. The van der Waals surface area contributed by atoms with Gasteiger partial charge >= 0.3 is 0 Å². The van der Waals surface area contributed by atoms with Crippen molar-refractivity contribution in [2.24, 2.45) is 5.92 Å². The van der Waals surface area contributed by atoms with Crippen LogP contribution in [0.5, 0.6) is 0 Å². The van der Waals surface area contributed by atoms with Crippen LogP contribution in [0.1, 0.15) is 47.5 Å². The van der Waals surface area contributed by atoms with Crippen molar-refractivity contribution in [3.63, 3.8) is 0 Å². The number of fused-ring (bicyclic) bond motifs is 1. The maximum Gasteiger partial charge on any atom is 0.264 e. The molecular weight excluding hydrogens is 447 g/mol. The molecule has 0 bridgehead atoms. The molecule has 1 aromatic carbocycles. The van der Waals surface area contributed by atoms with Crippen molar-refractivity contribution in [1.29, 1.82) is 0 Å². The predicted octanol–water partition coefficient (Wildman–Crippen LogP) is 2.80. The van der Waals surface area contributed by atoms with Crippen molar-refractivity contribution < 1.29 is 12.6 Å². The SMILES string of the molecule is Bc1cc(C)c(-n2c(C)c(C)c3c(N4CCC(CCOS(C)(=O)=O)CC4)nc(C)nc32)c(C)c1. The Morgan fingerprint density at radius 2 is 1.68 bits per heavy atom. The fraction of sp³-hybridized carbons (Fsp3) is 0.520. The topological polar surface area (TPSA) is 77.3 Å². The summed E-state index contributed by atoms with van der Waals surface area (Å²) in [4.78, 5) is 12.2. The number of hydrogen-bond donors (Lipinski definition) is 0. The van der Waals surface area contributed by atoms with Gasteiger partial charge in [-0.25, -0.2) is 9.97 Å². The van der Waals surface area contributed by atoms with Crippen molar-refractivity contribution in [2.45, 2.75) is 53.9 Å². The van der Waals surface area contributed by atoms with Crippen LogP contribution in [-0.4, -0.2) is 56.8 Å². The Kier molecular flexibility index (Phi) is 6.79. The molecule has 0 N–H and O–H groups in total. The molecule has 0 spiro atoms. The lowest BCUT2D eigenvalue weighted by Gasteiger charge is -2.33. The Morgan fingerprint density at radius 1 is 1.06 bits per heavy atom. The van der Waals surface area contributed by atoms with Crippen LogP contribution in [-0.2, 0) is 14.3 Å². The maximum atomic E-state index is 11.2. The molecule has 0 unspecified atom stereocenters. The Hall–Kier alpha value is -2.39. The van der Waals surface area contributed by atoms with Crippen molar-refractivity contribution >= 4 is 40.3 Å². The Labute approximate surface area is 204 Å². The van der Waals surface area contributed by atoms with Crippen LogP contribution in [0.15, 0.2) is 12.1 Å². The van der Waals surface area contributed by atoms with E-state index in [4.69, 9.17) is 14.2 Å². The molecule has 9 heteroatoms. The third kappa shape index (κ3) is 4.86. The lowest BCUT2D eigenvalue weighted by molar-refractivity contribution is 0.264. The largest absolute Gasteiger partial charge is 0.356 e. The number of aryl methyl sites for hydroxylation is 4. The van der Waals surface area contributed by atoms with Gasteiger partial charge in [0.2, 0.25) is 0 Å². The molecule has 7 nitrogen and oxygen atoms in total. The van der Waals surface area contributed by atoms with E-state index in [-0.39, 0.29) is 6.61 Å². The summed E-state index contributed by atoms with van der Waals surface area (Å²) in [6.07, 6.45) is 3.85. The van der Waals surface area contributed by atoms with Crippen LogP contribution >= 0.6 is 0 Å². The van der Waals surface area contributed by atoms with Crippen LogP contribution in [0.4, 0.5) is 5.82 Å². The molecule has 0 aliphatic carbocycles. The van der Waals surface area contributed by atoms with Crippen molar-refractivity contribution in [1.82, 2.24) is 14.5 Å². The number of benzene rings is 1. The zero-order valence-electron chi connectivity index (χ0n) is 21.4. The molecule has 0 amide bonds. The van der Waals surface area contributed by atoms with E-state index in [9.17, 15) is 8.42 Å². The van der Waals surface area contributed by atoms with Crippen molar-refractivity contribution in [2.75, 3.05) is 30.9 Å². The summed E-state index contributed by atoms with van der Waals surface area (Å²) >= 11 is 0. The Bertz CT molecular complexity index is 1320. The van der Waals surface area contributed by atoms with Crippen LogP contribution in [0.3, 0.4) is 0 Å². The molecule has 2 aromatic heterocycles. The normalized spacial score (nSPS) is 15.4. The molecule has 1 aliphatic rings. The van der Waals surface area contributed by atoms with Crippen LogP contribution < -0.4 is 10.4 Å². The molecule has 1 fully saturated rings. The number of nitrogens with zero attached hydrogens (tertiary/aromatic N) is 4. The quantitative estimate of drug-likeness (QED) is 0.397. The van der Waals surface area contributed by atoms with E-state index in [0.29, 0.717) is 5.92 Å². The molecule has 1 saturated heterocycles. The minimum absolute atomic E-state index is 0.261. The molecule has 1 aliphatic heterocycles. The van der Waals surface area contributed by atoms with Gasteiger partial charge < -0.3 is 4.90 Å². The first kappa shape index (κ1) is 24.7. The summed E-state index contributed by atoms with van der Waals surface area (Å²) in [6, 6.07) is 4.46. The number of piperidine rings is 1.